The van der Waals surface area contributed by atoms with Crippen molar-refractivity contribution >= 4 is 16.1 Å². The standard InChI is InChI=1S/C17H30FN3O4S/c1-10(2)5-6-19-12-3-4-13-11(7-12)8-14(22)17(16(13)18)21-9-15(23)20-26(21,24)25/h10-14,16-17,19,22H,3-9H2,1-2H3,(H,20,23). The first-order valence-corrected chi connectivity index (χ1v) is 11.0. The topological polar surface area (TPSA) is 98.7 Å². The Morgan fingerprint density at radius 2 is 2.08 bits per heavy atom. The van der Waals surface area contributed by atoms with Crippen LogP contribution in [0.4, 0.5) is 4.39 Å². The van der Waals surface area contributed by atoms with Crippen molar-refractivity contribution in [3.8, 4) is 0 Å². The van der Waals surface area contributed by atoms with Gasteiger partial charge < -0.3 is 10.4 Å². The average molecular weight is 392 g/mol. The van der Waals surface area contributed by atoms with Gasteiger partial charge in [0.15, 0.2) is 0 Å². The monoisotopic (exact) mass is 391 g/mol. The molecule has 150 valence electrons. The molecule has 0 aromatic rings. The van der Waals surface area contributed by atoms with Crippen LogP contribution in [-0.4, -0.2) is 61.2 Å². The van der Waals surface area contributed by atoms with E-state index in [0.717, 1.165) is 30.1 Å². The number of rotatable bonds is 5. The maximum Gasteiger partial charge on any atom is 0.304 e. The Morgan fingerprint density at radius 1 is 1.35 bits per heavy atom. The Morgan fingerprint density at radius 3 is 2.69 bits per heavy atom. The Balaban J connectivity index is 1.64. The normalized spacial score (nSPS) is 40.4. The molecule has 0 radical (unpaired) electrons. The van der Waals surface area contributed by atoms with Crippen LogP contribution in [0.15, 0.2) is 0 Å². The lowest BCUT2D eigenvalue weighted by molar-refractivity contribution is -0.119. The number of aliphatic hydroxyl groups is 1. The highest BCUT2D eigenvalue weighted by Crippen LogP contribution is 2.44. The third kappa shape index (κ3) is 4.05. The quantitative estimate of drug-likeness (QED) is 0.636. The molecule has 6 unspecified atom stereocenters. The zero-order chi connectivity index (χ0) is 19.1. The van der Waals surface area contributed by atoms with Gasteiger partial charge in [-0.25, -0.2) is 9.11 Å². The summed E-state index contributed by atoms with van der Waals surface area (Å²) in [6.45, 7) is 4.87. The number of nitrogens with zero attached hydrogens (tertiary/aromatic N) is 1. The van der Waals surface area contributed by atoms with Crippen LogP contribution in [-0.2, 0) is 15.0 Å². The number of aliphatic hydroxyl groups excluding tert-OH is 1. The molecule has 6 atom stereocenters. The van der Waals surface area contributed by atoms with Gasteiger partial charge in [0.05, 0.1) is 18.7 Å². The van der Waals surface area contributed by atoms with E-state index < -0.39 is 41.0 Å². The van der Waals surface area contributed by atoms with E-state index >= 15 is 4.39 Å². The SMILES string of the molecule is CC(C)CCNC1CCC2C(C1)CC(O)C(N1CC(=O)NS1(=O)=O)C2F. The molecule has 26 heavy (non-hydrogen) atoms. The largest absolute Gasteiger partial charge is 0.391 e. The van der Waals surface area contributed by atoms with E-state index in [1.807, 2.05) is 4.72 Å². The summed E-state index contributed by atoms with van der Waals surface area (Å²) in [6.07, 6.45) is 1.24. The van der Waals surface area contributed by atoms with Crippen molar-refractivity contribution in [1.82, 2.24) is 14.3 Å². The van der Waals surface area contributed by atoms with Crippen molar-refractivity contribution in [2.24, 2.45) is 17.8 Å². The van der Waals surface area contributed by atoms with Gasteiger partial charge in [0.25, 0.3) is 0 Å². The molecule has 1 saturated heterocycles. The zero-order valence-corrected chi connectivity index (χ0v) is 16.2. The first-order chi connectivity index (χ1) is 12.2. The van der Waals surface area contributed by atoms with E-state index in [1.54, 1.807) is 0 Å². The lowest BCUT2D eigenvalue weighted by Gasteiger charge is -2.48. The van der Waals surface area contributed by atoms with Crippen molar-refractivity contribution in [3.05, 3.63) is 0 Å². The molecule has 2 saturated carbocycles. The highest BCUT2D eigenvalue weighted by Gasteiger charge is 2.53. The molecule has 0 aromatic carbocycles. The summed E-state index contributed by atoms with van der Waals surface area (Å²) in [5.74, 6) is -0.275. The maximum absolute atomic E-state index is 15.2. The van der Waals surface area contributed by atoms with Crippen molar-refractivity contribution in [3.63, 3.8) is 0 Å². The average Bonchev–Trinajstić information content (AvgIpc) is 2.79. The molecule has 0 bridgehead atoms. The summed E-state index contributed by atoms with van der Waals surface area (Å²) in [5.41, 5.74) is 0. The molecule has 1 aliphatic heterocycles. The minimum atomic E-state index is -4.05. The Labute approximate surface area is 154 Å². The van der Waals surface area contributed by atoms with E-state index in [2.05, 4.69) is 19.2 Å². The van der Waals surface area contributed by atoms with Gasteiger partial charge in [-0.2, -0.15) is 12.7 Å². The van der Waals surface area contributed by atoms with Crippen LogP contribution in [0.1, 0.15) is 46.0 Å². The number of hydrogen-bond donors (Lipinski definition) is 3. The minimum Gasteiger partial charge on any atom is -0.391 e. The lowest BCUT2D eigenvalue weighted by atomic mass is 9.66. The summed E-state index contributed by atoms with van der Waals surface area (Å²) in [5, 5.41) is 14.0. The summed E-state index contributed by atoms with van der Waals surface area (Å²) in [7, 11) is -4.05. The first-order valence-electron chi connectivity index (χ1n) is 9.57. The van der Waals surface area contributed by atoms with Crippen molar-refractivity contribution in [2.45, 2.75) is 70.3 Å². The van der Waals surface area contributed by atoms with Gasteiger partial charge in [0, 0.05) is 6.04 Å². The summed E-state index contributed by atoms with van der Waals surface area (Å²) < 4.78 is 42.0. The maximum atomic E-state index is 15.2. The molecular weight excluding hydrogens is 361 g/mol. The number of alkyl halides is 1. The van der Waals surface area contributed by atoms with E-state index in [-0.39, 0.29) is 11.8 Å². The summed E-state index contributed by atoms with van der Waals surface area (Å²) in [6, 6.07) is -0.852. The van der Waals surface area contributed by atoms with Crippen LogP contribution in [0.3, 0.4) is 0 Å². The third-order valence-electron chi connectivity index (χ3n) is 6.05. The van der Waals surface area contributed by atoms with Gasteiger partial charge in [0.1, 0.15) is 6.17 Å². The van der Waals surface area contributed by atoms with Gasteiger partial charge in [-0.3, -0.25) is 4.79 Å². The Hall–Kier alpha value is -0.770. The molecule has 3 fully saturated rings. The fraction of sp³-hybridized carbons (Fsp3) is 0.941. The number of fused-ring (bicyclic) bond motifs is 1. The van der Waals surface area contributed by atoms with Crippen molar-refractivity contribution < 1.29 is 22.7 Å². The van der Waals surface area contributed by atoms with Crippen molar-refractivity contribution in [1.29, 1.82) is 0 Å². The number of carbonyl (C=O) groups is 1. The van der Waals surface area contributed by atoms with E-state index in [1.165, 1.54) is 0 Å². The first kappa shape index (κ1) is 20.0. The minimum absolute atomic E-state index is 0.0375. The molecule has 3 aliphatic rings. The fourth-order valence-electron chi connectivity index (χ4n) is 4.73. The molecule has 9 heteroatoms. The molecular formula is C17H30FN3O4S. The molecule has 0 spiro atoms. The van der Waals surface area contributed by atoms with Gasteiger partial charge in [-0.15, -0.1) is 0 Å². The molecule has 2 aliphatic carbocycles. The van der Waals surface area contributed by atoms with Crippen LogP contribution in [0.25, 0.3) is 0 Å². The molecule has 3 N–H and O–H groups in total. The Bertz CT molecular complexity index is 629. The third-order valence-corrected chi connectivity index (χ3v) is 7.53. The number of carbonyl (C=O) groups excluding carboxylic acids is 1. The molecule has 3 rings (SSSR count). The highest BCUT2D eigenvalue weighted by atomic mass is 32.2. The van der Waals surface area contributed by atoms with Gasteiger partial charge >= 0.3 is 10.2 Å². The van der Waals surface area contributed by atoms with E-state index in [0.29, 0.717) is 24.8 Å². The van der Waals surface area contributed by atoms with Crippen molar-refractivity contribution in [2.75, 3.05) is 13.1 Å². The smallest absolute Gasteiger partial charge is 0.304 e. The molecule has 1 amide bonds. The van der Waals surface area contributed by atoms with Crippen LogP contribution >= 0.6 is 0 Å². The number of halogens is 1. The Kier molecular flexibility index (Phi) is 5.91. The molecule has 0 aromatic heterocycles. The molecule has 1 heterocycles. The summed E-state index contributed by atoms with van der Waals surface area (Å²) >= 11 is 0. The number of hydrogen-bond acceptors (Lipinski definition) is 5. The highest BCUT2D eigenvalue weighted by molar-refractivity contribution is 7.88. The van der Waals surface area contributed by atoms with E-state index in [4.69, 9.17) is 0 Å². The van der Waals surface area contributed by atoms with Gasteiger partial charge in [0.2, 0.25) is 5.91 Å². The van der Waals surface area contributed by atoms with Crippen LogP contribution in [0.2, 0.25) is 0 Å². The fourth-order valence-corrected chi connectivity index (χ4v) is 6.07. The van der Waals surface area contributed by atoms with Gasteiger partial charge in [-0.1, -0.05) is 13.8 Å². The van der Waals surface area contributed by atoms with Crippen LogP contribution in [0.5, 0.6) is 0 Å². The number of nitrogens with one attached hydrogen (secondary N) is 2. The lowest BCUT2D eigenvalue weighted by Crippen LogP contribution is -2.59. The predicted molar refractivity (Wildman–Crippen MR) is 95.2 cm³/mol. The van der Waals surface area contributed by atoms with Crippen LogP contribution < -0.4 is 10.0 Å². The van der Waals surface area contributed by atoms with E-state index in [9.17, 15) is 18.3 Å². The number of amides is 1. The second-order valence-corrected chi connectivity index (χ2v) is 10.0. The summed E-state index contributed by atoms with van der Waals surface area (Å²) in [4.78, 5) is 11.5. The second kappa shape index (κ2) is 7.69. The molecule has 7 nitrogen and oxygen atoms in total. The zero-order valence-electron chi connectivity index (χ0n) is 15.4. The van der Waals surface area contributed by atoms with Crippen LogP contribution in [0, 0.1) is 17.8 Å². The second-order valence-electron chi connectivity index (χ2n) is 8.38. The predicted octanol–water partition coefficient (Wildman–Crippen LogP) is 0.555. The van der Waals surface area contributed by atoms with Gasteiger partial charge in [-0.05, 0) is 56.4 Å².